The quantitative estimate of drug-likeness (QED) is 0.539. The van der Waals surface area contributed by atoms with Crippen molar-refractivity contribution in [3.63, 3.8) is 0 Å². The lowest BCUT2D eigenvalue weighted by Crippen LogP contribution is -2.52. The number of nitrogens with zero attached hydrogens (tertiary/aromatic N) is 1. The number of rotatable bonds is 8. The van der Waals surface area contributed by atoms with Gasteiger partial charge in [0.05, 0.1) is 26.3 Å². The molecule has 0 N–H and O–H groups in total. The summed E-state index contributed by atoms with van der Waals surface area (Å²) in [5.74, 6) is 0. The van der Waals surface area contributed by atoms with Gasteiger partial charge >= 0.3 is 0 Å². The van der Waals surface area contributed by atoms with Crippen LogP contribution in [0.1, 0.15) is 38.2 Å². The van der Waals surface area contributed by atoms with Gasteiger partial charge in [-0.05, 0) is 32.6 Å². The predicted octanol–water partition coefficient (Wildman–Crippen LogP) is 3.63. The topological polar surface area (TPSA) is 18.5 Å². The summed E-state index contributed by atoms with van der Waals surface area (Å²) in [4.78, 5) is 0. The fourth-order valence-electron chi connectivity index (χ4n) is 3.67. The third-order valence-corrected chi connectivity index (χ3v) is 4.71. The summed E-state index contributed by atoms with van der Waals surface area (Å²) in [6.45, 7) is 8.41. The van der Waals surface area contributed by atoms with Gasteiger partial charge in [-0.25, -0.2) is 0 Å². The second-order valence-electron chi connectivity index (χ2n) is 6.70. The zero-order valence-corrected chi connectivity index (χ0v) is 14.3. The Morgan fingerprint density at radius 3 is 2.32 bits per heavy atom. The van der Waals surface area contributed by atoms with Gasteiger partial charge < -0.3 is 14.0 Å². The van der Waals surface area contributed by atoms with Crippen LogP contribution in [0.5, 0.6) is 0 Å². The average Bonchev–Trinajstić information content (AvgIpc) is 2.74. The SMILES string of the molecule is COCCOC(C)C[N+]1(Cc2ccccc2)CCCCCC1. The largest absolute Gasteiger partial charge is 0.382 e. The molecule has 0 aromatic heterocycles. The Kier molecular flexibility index (Phi) is 7.37. The highest BCUT2D eigenvalue weighted by Crippen LogP contribution is 2.23. The molecule has 3 nitrogen and oxygen atoms in total. The normalized spacial score (nSPS) is 19.5. The Hall–Kier alpha value is -0.900. The van der Waals surface area contributed by atoms with Gasteiger partial charge in [0.2, 0.25) is 0 Å². The molecule has 1 aromatic rings. The van der Waals surface area contributed by atoms with Crippen LogP contribution in [0.3, 0.4) is 0 Å². The van der Waals surface area contributed by atoms with Crippen molar-refractivity contribution >= 4 is 0 Å². The Balaban J connectivity index is 2.01. The molecule has 22 heavy (non-hydrogen) atoms. The van der Waals surface area contributed by atoms with Crippen molar-refractivity contribution in [2.45, 2.75) is 45.3 Å². The molecular formula is C19H32NO2+. The molecule has 0 saturated carbocycles. The molecule has 1 aliphatic heterocycles. The zero-order valence-electron chi connectivity index (χ0n) is 14.3. The number of benzene rings is 1. The minimum atomic E-state index is 0.289. The minimum absolute atomic E-state index is 0.289. The number of hydrogen-bond acceptors (Lipinski definition) is 2. The summed E-state index contributed by atoms with van der Waals surface area (Å²) in [5.41, 5.74) is 1.45. The lowest BCUT2D eigenvalue weighted by Gasteiger charge is -2.40. The molecule has 3 heteroatoms. The summed E-state index contributed by atoms with van der Waals surface area (Å²) >= 11 is 0. The number of quaternary nitrogens is 1. The molecule has 124 valence electrons. The van der Waals surface area contributed by atoms with Crippen LogP contribution < -0.4 is 0 Å². The first-order chi connectivity index (χ1) is 10.7. The maximum absolute atomic E-state index is 5.95. The van der Waals surface area contributed by atoms with Crippen molar-refractivity contribution in [1.29, 1.82) is 0 Å². The Morgan fingerprint density at radius 2 is 1.68 bits per heavy atom. The van der Waals surface area contributed by atoms with E-state index in [0.29, 0.717) is 13.2 Å². The van der Waals surface area contributed by atoms with Crippen LogP contribution in [0, 0.1) is 0 Å². The highest BCUT2D eigenvalue weighted by molar-refractivity contribution is 5.13. The fourth-order valence-corrected chi connectivity index (χ4v) is 3.67. The van der Waals surface area contributed by atoms with E-state index in [9.17, 15) is 0 Å². The highest BCUT2D eigenvalue weighted by Gasteiger charge is 2.31. The second kappa shape index (κ2) is 9.29. The smallest absolute Gasteiger partial charge is 0.105 e. The molecule has 0 bridgehead atoms. The zero-order chi connectivity index (χ0) is 15.7. The van der Waals surface area contributed by atoms with Crippen LogP contribution in [0.25, 0.3) is 0 Å². The van der Waals surface area contributed by atoms with Crippen molar-refractivity contribution in [3.05, 3.63) is 35.9 Å². The molecule has 1 unspecified atom stereocenters. The van der Waals surface area contributed by atoms with Crippen LogP contribution in [-0.2, 0) is 16.0 Å². The Bertz CT molecular complexity index is 399. The Labute approximate surface area is 135 Å². The number of methoxy groups -OCH3 is 1. The molecule has 0 amide bonds. The summed E-state index contributed by atoms with van der Waals surface area (Å²) in [7, 11) is 1.73. The van der Waals surface area contributed by atoms with Crippen LogP contribution in [0.15, 0.2) is 30.3 Å². The maximum Gasteiger partial charge on any atom is 0.105 e. The van der Waals surface area contributed by atoms with Crippen molar-refractivity contribution in [1.82, 2.24) is 0 Å². The summed E-state index contributed by atoms with van der Waals surface area (Å²) in [6.07, 6.45) is 5.74. The van der Waals surface area contributed by atoms with E-state index in [-0.39, 0.29) is 6.10 Å². The third kappa shape index (κ3) is 5.71. The van der Waals surface area contributed by atoms with Crippen molar-refractivity contribution in [3.8, 4) is 0 Å². The lowest BCUT2D eigenvalue weighted by molar-refractivity contribution is -0.942. The van der Waals surface area contributed by atoms with Crippen LogP contribution in [0.2, 0.25) is 0 Å². The molecule has 0 aliphatic carbocycles. The van der Waals surface area contributed by atoms with E-state index in [1.54, 1.807) is 7.11 Å². The van der Waals surface area contributed by atoms with Gasteiger partial charge in [-0.2, -0.15) is 0 Å². The molecule has 0 spiro atoms. The van der Waals surface area contributed by atoms with Gasteiger partial charge in [-0.3, -0.25) is 0 Å². The molecule has 1 atom stereocenters. The highest BCUT2D eigenvalue weighted by atomic mass is 16.5. The van der Waals surface area contributed by atoms with E-state index in [2.05, 4.69) is 37.3 Å². The molecule has 1 heterocycles. The lowest BCUT2D eigenvalue weighted by atomic mass is 10.1. The fraction of sp³-hybridized carbons (Fsp3) is 0.684. The van der Waals surface area contributed by atoms with Crippen LogP contribution in [0.4, 0.5) is 0 Å². The summed E-state index contributed by atoms with van der Waals surface area (Å²) < 4.78 is 12.2. The first-order valence-corrected chi connectivity index (χ1v) is 8.74. The van der Waals surface area contributed by atoms with Crippen LogP contribution in [-0.4, -0.2) is 50.5 Å². The molecule has 2 rings (SSSR count). The average molecular weight is 306 g/mol. The van der Waals surface area contributed by atoms with Crippen molar-refractivity contribution in [2.75, 3.05) is 40.0 Å². The monoisotopic (exact) mass is 306 g/mol. The number of ether oxygens (including phenoxy) is 2. The van der Waals surface area contributed by atoms with Gasteiger partial charge in [-0.15, -0.1) is 0 Å². The van der Waals surface area contributed by atoms with E-state index < -0.39 is 0 Å². The third-order valence-electron chi connectivity index (χ3n) is 4.71. The molecule has 1 saturated heterocycles. The number of hydrogen-bond donors (Lipinski definition) is 0. The van der Waals surface area contributed by atoms with E-state index in [4.69, 9.17) is 9.47 Å². The second-order valence-corrected chi connectivity index (χ2v) is 6.70. The molecule has 1 fully saturated rings. The first-order valence-electron chi connectivity index (χ1n) is 8.74. The van der Waals surface area contributed by atoms with Gasteiger partial charge in [0, 0.05) is 12.7 Å². The molecule has 0 radical (unpaired) electrons. The standard InChI is InChI=1S/C19H32NO2/c1-18(22-15-14-21-2)16-20(12-8-3-4-9-13-20)17-19-10-6-5-7-11-19/h5-7,10-11,18H,3-4,8-9,12-17H2,1-2H3/q+1. The van der Waals surface area contributed by atoms with Gasteiger partial charge in [0.25, 0.3) is 0 Å². The molecular weight excluding hydrogens is 274 g/mol. The molecule has 1 aromatic carbocycles. The van der Waals surface area contributed by atoms with Crippen molar-refractivity contribution in [2.24, 2.45) is 0 Å². The van der Waals surface area contributed by atoms with Gasteiger partial charge in [0.1, 0.15) is 19.2 Å². The predicted molar refractivity (Wildman–Crippen MR) is 90.8 cm³/mol. The van der Waals surface area contributed by atoms with Gasteiger partial charge in [-0.1, -0.05) is 30.3 Å². The van der Waals surface area contributed by atoms with Crippen molar-refractivity contribution < 1.29 is 14.0 Å². The van der Waals surface area contributed by atoms with E-state index in [1.807, 2.05) is 0 Å². The maximum atomic E-state index is 5.95. The summed E-state index contributed by atoms with van der Waals surface area (Å²) in [5, 5.41) is 0. The minimum Gasteiger partial charge on any atom is -0.382 e. The van der Waals surface area contributed by atoms with Crippen LogP contribution >= 0.6 is 0 Å². The Morgan fingerprint density at radius 1 is 1.00 bits per heavy atom. The number of likely N-dealkylation sites (tertiary alicyclic amines) is 1. The molecule has 1 aliphatic rings. The van der Waals surface area contributed by atoms with E-state index >= 15 is 0 Å². The van der Waals surface area contributed by atoms with E-state index in [0.717, 1.165) is 13.1 Å². The first kappa shape index (κ1) is 17.5. The summed E-state index contributed by atoms with van der Waals surface area (Å²) in [6, 6.07) is 10.9. The van der Waals surface area contributed by atoms with Gasteiger partial charge in [0.15, 0.2) is 0 Å². The van der Waals surface area contributed by atoms with E-state index in [1.165, 1.54) is 48.8 Å².